The molecule has 0 saturated carbocycles. The average Bonchev–Trinajstić information content (AvgIpc) is 2.46. The molecule has 0 aliphatic carbocycles. The largest absolute Gasteiger partial charge is 0.370 e. The van der Waals surface area contributed by atoms with Crippen LogP contribution in [0.15, 0.2) is 30.6 Å². The Morgan fingerprint density at radius 3 is 2.76 bits per heavy atom. The van der Waals surface area contributed by atoms with Gasteiger partial charge in [0.2, 0.25) is 5.82 Å². The molecule has 0 radical (unpaired) electrons. The van der Waals surface area contributed by atoms with Crippen molar-refractivity contribution < 1.29 is 4.92 Å². The first kappa shape index (κ1) is 14.7. The van der Waals surface area contributed by atoms with Crippen LogP contribution in [0.4, 0.5) is 17.3 Å². The number of nitrogens with zero attached hydrogens (tertiary/aromatic N) is 3. The second kappa shape index (κ2) is 6.65. The molecule has 2 N–H and O–H groups in total. The molecule has 0 aliphatic heterocycles. The molecular weight excluding hydrogens is 270 g/mol. The van der Waals surface area contributed by atoms with Crippen molar-refractivity contribution in [3.05, 3.63) is 51.8 Å². The van der Waals surface area contributed by atoms with Gasteiger partial charge < -0.3 is 10.6 Å². The molecule has 0 aromatic carbocycles. The molecule has 0 bridgehead atoms. The minimum atomic E-state index is -0.440. The van der Waals surface area contributed by atoms with E-state index in [1.807, 2.05) is 19.9 Å². The fourth-order valence-electron chi connectivity index (χ4n) is 1.89. The molecule has 0 amide bonds. The van der Waals surface area contributed by atoms with Gasteiger partial charge in [-0.2, -0.15) is 0 Å². The summed E-state index contributed by atoms with van der Waals surface area (Å²) in [5.41, 5.74) is 2.01. The third kappa shape index (κ3) is 3.65. The second-order valence-electron chi connectivity index (χ2n) is 4.51. The van der Waals surface area contributed by atoms with Gasteiger partial charge in [0.15, 0.2) is 0 Å². The quantitative estimate of drug-likeness (QED) is 0.627. The molecule has 0 atom stereocenters. The molecule has 0 saturated heterocycles. The summed E-state index contributed by atoms with van der Waals surface area (Å²) in [7, 11) is 0. The molecule has 0 aliphatic rings. The van der Waals surface area contributed by atoms with Gasteiger partial charge in [-0.15, -0.1) is 0 Å². The van der Waals surface area contributed by atoms with Crippen molar-refractivity contribution in [2.45, 2.75) is 20.4 Å². The number of aromatic nitrogens is 2. The summed E-state index contributed by atoms with van der Waals surface area (Å²) in [6.45, 7) is 5.04. The Morgan fingerprint density at radius 2 is 2.10 bits per heavy atom. The predicted octanol–water partition coefficient (Wildman–Crippen LogP) is 2.74. The third-order valence-corrected chi connectivity index (χ3v) is 3.01. The smallest absolute Gasteiger partial charge is 0.311 e. The summed E-state index contributed by atoms with van der Waals surface area (Å²) in [6.07, 6.45) is 3.45. The van der Waals surface area contributed by atoms with E-state index in [9.17, 15) is 10.1 Å². The Balaban J connectivity index is 2.22. The Kier molecular flexibility index (Phi) is 4.65. The number of aryl methyl sites for hydroxylation is 1. The number of nitro groups is 1. The van der Waals surface area contributed by atoms with E-state index in [0.29, 0.717) is 18.9 Å². The van der Waals surface area contributed by atoms with Crippen LogP contribution in [0, 0.1) is 17.0 Å². The van der Waals surface area contributed by atoms with Gasteiger partial charge in [-0.3, -0.25) is 15.1 Å². The van der Waals surface area contributed by atoms with Crippen molar-refractivity contribution in [1.82, 2.24) is 9.97 Å². The maximum Gasteiger partial charge on any atom is 0.311 e. The average molecular weight is 287 g/mol. The van der Waals surface area contributed by atoms with Crippen LogP contribution in [0.2, 0.25) is 0 Å². The normalized spacial score (nSPS) is 10.2. The maximum atomic E-state index is 11.1. The van der Waals surface area contributed by atoms with E-state index in [2.05, 4.69) is 20.6 Å². The summed E-state index contributed by atoms with van der Waals surface area (Å²) in [6, 6.07) is 4.93. The van der Waals surface area contributed by atoms with E-state index in [1.165, 1.54) is 6.07 Å². The molecule has 0 unspecified atom stereocenters. The number of anilines is 2. The lowest BCUT2D eigenvalue weighted by Gasteiger charge is -2.10. The first-order chi connectivity index (χ1) is 10.1. The van der Waals surface area contributed by atoms with Crippen LogP contribution in [0.3, 0.4) is 0 Å². The number of rotatable bonds is 6. The highest BCUT2D eigenvalue weighted by Gasteiger charge is 2.15. The van der Waals surface area contributed by atoms with Gasteiger partial charge in [0.05, 0.1) is 4.92 Å². The fraction of sp³-hybridized carbons (Fsp3) is 0.286. The highest BCUT2D eigenvalue weighted by molar-refractivity contribution is 5.60. The molecule has 2 heterocycles. The zero-order chi connectivity index (χ0) is 15.2. The number of hydrogen-bond donors (Lipinski definition) is 2. The molecular formula is C14H17N5O2. The Labute approximate surface area is 122 Å². The van der Waals surface area contributed by atoms with Crippen molar-refractivity contribution in [3.8, 4) is 0 Å². The lowest BCUT2D eigenvalue weighted by molar-refractivity contribution is -0.384. The first-order valence-corrected chi connectivity index (χ1v) is 6.64. The van der Waals surface area contributed by atoms with E-state index < -0.39 is 4.92 Å². The first-order valence-electron chi connectivity index (χ1n) is 6.64. The number of nitrogens with one attached hydrogen (secondary N) is 2. The fourth-order valence-corrected chi connectivity index (χ4v) is 1.89. The molecule has 0 fully saturated rings. The molecule has 0 spiro atoms. The van der Waals surface area contributed by atoms with E-state index in [-0.39, 0.29) is 11.5 Å². The van der Waals surface area contributed by atoms with Gasteiger partial charge in [-0.05, 0) is 37.1 Å². The molecule has 21 heavy (non-hydrogen) atoms. The topological polar surface area (TPSA) is 93.0 Å². The van der Waals surface area contributed by atoms with Crippen LogP contribution < -0.4 is 10.6 Å². The molecule has 110 valence electrons. The second-order valence-corrected chi connectivity index (χ2v) is 4.51. The van der Waals surface area contributed by atoms with E-state index in [4.69, 9.17) is 0 Å². The van der Waals surface area contributed by atoms with Crippen LogP contribution in [0.1, 0.15) is 18.1 Å². The lowest BCUT2D eigenvalue weighted by Crippen LogP contribution is -2.08. The Bertz CT molecular complexity index is 645. The van der Waals surface area contributed by atoms with Crippen molar-refractivity contribution in [3.63, 3.8) is 0 Å². The highest BCUT2D eigenvalue weighted by atomic mass is 16.6. The Morgan fingerprint density at radius 1 is 1.29 bits per heavy atom. The summed E-state index contributed by atoms with van der Waals surface area (Å²) in [5, 5.41) is 17.1. The van der Waals surface area contributed by atoms with Crippen molar-refractivity contribution >= 4 is 17.3 Å². The maximum absolute atomic E-state index is 11.1. The van der Waals surface area contributed by atoms with Crippen LogP contribution in [-0.4, -0.2) is 21.4 Å². The van der Waals surface area contributed by atoms with Gasteiger partial charge >= 0.3 is 5.69 Å². The monoisotopic (exact) mass is 287 g/mol. The number of pyridine rings is 2. The minimum absolute atomic E-state index is 0.0386. The van der Waals surface area contributed by atoms with Crippen LogP contribution >= 0.6 is 0 Å². The van der Waals surface area contributed by atoms with E-state index in [1.54, 1.807) is 18.5 Å². The van der Waals surface area contributed by atoms with Gasteiger partial charge in [0, 0.05) is 31.5 Å². The SMILES string of the molecule is CCNc1ccc([N+](=O)[O-])c(NCc2ccncc2C)n1. The van der Waals surface area contributed by atoms with Gasteiger partial charge in [-0.1, -0.05) is 0 Å². The van der Waals surface area contributed by atoms with Crippen molar-refractivity contribution in [2.75, 3.05) is 17.2 Å². The summed E-state index contributed by atoms with van der Waals surface area (Å²) in [4.78, 5) is 18.9. The molecule has 2 aromatic heterocycles. The minimum Gasteiger partial charge on any atom is -0.370 e. The molecule has 2 aromatic rings. The third-order valence-electron chi connectivity index (χ3n) is 3.01. The summed E-state index contributed by atoms with van der Waals surface area (Å²) >= 11 is 0. The zero-order valence-electron chi connectivity index (χ0n) is 12.0. The van der Waals surface area contributed by atoms with E-state index in [0.717, 1.165) is 11.1 Å². The molecule has 2 rings (SSSR count). The summed E-state index contributed by atoms with van der Waals surface area (Å²) < 4.78 is 0. The highest BCUT2D eigenvalue weighted by Crippen LogP contribution is 2.24. The predicted molar refractivity (Wildman–Crippen MR) is 81.4 cm³/mol. The lowest BCUT2D eigenvalue weighted by atomic mass is 10.1. The Hall–Kier alpha value is -2.70. The molecule has 7 heteroatoms. The van der Waals surface area contributed by atoms with Gasteiger partial charge in [0.1, 0.15) is 5.82 Å². The molecule has 7 nitrogen and oxygen atoms in total. The van der Waals surface area contributed by atoms with Crippen molar-refractivity contribution in [1.29, 1.82) is 0 Å². The van der Waals surface area contributed by atoms with E-state index >= 15 is 0 Å². The van der Waals surface area contributed by atoms with Crippen LogP contribution in [0.25, 0.3) is 0 Å². The zero-order valence-corrected chi connectivity index (χ0v) is 12.0. The van der Waals surface area contributed by atoms with Gasteiger partial charge in [0.25, 0.3) is 0 Å². The van der Waals surface area contributed by atoms with Gasteiger partial charge in [-0.25, -0.2) is 4.98 Å². The number of hydrogen-bond acceptors (Lipinski definition) is 6. The van der Waals surface area contributed by atoms with Crippen LogP contribution in [-0.2, 0) is 6.54 Å². The van der Waals surface area contributed by atoms with Crippen LogP contribution in [0.5, 0.6) is 0 Å². The standard InChI is InChI=1S/C14H17N5O2/c1-3-16-13-5-4-12(19(20)21)14(18-13)17-9-11-6-7-15-8-10(11)2/h4-8H,3,9H2,1-2H3,(H2,16,17,18). The summed E-state index contributed by atoms with van der Waals surface area (Å²) in [5.74, 6) is 0.867. The van der Waals surface area contributed by atoms with Crippen molar-refractivity contribution in [2.24, 2.45) is 0 Å².